The summed E-state index contributed by atoms with van der Waals surface area (Å²) >= 11 is 1.94. The topological polar surface area (TPSA) is 15.3 Å². The highest BCUT2D eigenvalue weighted by molar-refractivity contribution is 7.12. The average Bonchev–Trinajstić information content (AvgIpc) is 2.73. The van der Waals surface area contributed by atoms with E-state index in [-0.39, 0.29) is 0 Å². The van der Waals surface area contributed by atoms with Crippen molar-refractivity contribution in [2.45, 2.75) is 73.1 Å². The summed E-state index contributed by atoms with van der Waals surface area (Å²) in [7, 11) is 0. The molecule has 1 aromatic heterocycles. The zero-order valence-corrected chi connectivity index (χ0v) is 14.2. The highest BCUT2D eigenvalue weighted by Crippen LogP contribution is 2.24. The molecule has 0 saturated carbocycles. The summed E-state index contributed by atoms with van der Waals surface area (Å²) in [6, 6.07) is 3.61. The largest absolute Gasteiger partial charge is 0.310 e. The maximum atomic E-state index is 3.50. The van der Waals surface area contributed by atoms with E-state index in [1.54, 1.807) is 0 Å². The molecule has 0 radical (unpaired) electrons. The first-order valence-electron chi connectivity index (χ1n) is 7.53. The molecule has 1 atom stereocenters. The van der Waals surface area contributed by atoms with Gasteiger partial charge < -0.3 is 5.32 Å². The summed E-state index contributed by atoms with van der Waals surface area (Å²) in [5.74, 6) is 0. The molecule has 0 aliphatic heterocycles. The molecule has 0 saturated heterocycles. The minimum Gasteiger partial charge on any atom is -0.310 e. The molecule has 0 bridgehead atoms. The van der Waals surface area contributed by atoms with Crippen LogP contribution in [0.25, 0.3) is 0 Å². The van der Waals surface area contributed by atoms with Gasteiger partial charge in [0.25, 0.3) is 0 Å². The maximum Gasteiger partial charge on any atom is 0.0302 e. The van der Waals surface area contributed by atoms with Gasteiger partial charge in [0.1, 0.15) is 0 Å². The van der Waals surface area contributed by atoms with Crippen molar-refractivity contribution in [3.05, 3.63) is 21.4 Å². The normalized spacial score (nSPS) is 13.5. The zero-order valence-electron chi connectivity index (χ0n) is 13.4. The fraction of sp³-hybridized carbons (Fsp3) is 0.750. The van der Waals surface area contributed by atoms with Gasteiger partial charge in [0.2, 0.25) is 0 Å². The van der Waals surface area contributed by atoms with E-state index in [2.05, 4.69) is 57.8 Å². The maximum absolute atomic E-state index is 3.50. The molecule has 1 rings (SSSR count). The third-order valence-corrected chi connectivity index (χ3v) is 4.84. The van der Waals surface area contributed by atoms with Gasteiger partial charge in [-0.25, -0.2) is 0 Å². The summed E-state index contributed by atoms with van der Waals surface area (Å²) in [6.07, 6.45) is 1.22. The van der Waals surface area contributed by atoms with Crippen LogP contribution < -0.4 is 5.32 Å². The lowest BCUT2D eigenvalue weighted by Crippen LogP contribution is -2.31. The van der Waals surface area contributed by atoms with Crippen LogP contribution in [0.1, 0.15) is 56.4 Å². The van der Waals surface area contributed by atoms with Gasteiger partial charge in [-0.3, -0.25) is 4.90 Å². The number of thiophene rings is 1. The van der Waals surface area contributed by atoms with Gasteiger partial charge >= 0.3 is 0 Å². The SMILES string of the molecule is CCC(C)N(CC)Cc1cc(CNC(C)C)sc1C. The Bertz CT molecular complexity index is 371. The number of nitrogens with one attached hydrogen (secondary N) is 1. The van der Waals surface area contributed by atoms with Crippen molar-refractivity contribution < 1.29 is 0 Å². The molecular formula is C16H30N2S. The summed E-state index contributed by atoms with van der Waals surface area (Å²) < 4.78 is 0. The van der Waals surface area contributed by atoms with Gasteiger partial charge in [0, 0.05) is 34.9 Å². The molecule has 110 valence electrons. The van der Waals surface area contributed by atoms with Gasteiger partial charge in [0.15, 0.2) is 0 Å². The Morgan fingerprint density at radius 3 is 2.47 bits per heavy atom. The molecule has 1 unspecified atom stereocenters. The second-order valence-corrected chi connectivity index (χ2v) is 6.99. The van der Waals surface area contributed by atoms with Gasteiger partial charge in [-0.15, -0.1) is 11.3 Å². The molecule has 3 heteroatoms. The van der Waals surface area contributed by atoms with Crippen molar-refractivity contribution >= 4 is 11.3 Å². The van der Waals surface area contributed by atoms with Crippen molar-refractivity contribution in [2.75, 3.05) is 6.54 Å². The Morgan fingerprint density at radius 1 is 1.26 bits per heavy atom. The third-order valence-electron chi connectivity index (χ3n) is 3.75. The van der Waals surface area contributed by atoms with E-state index >= 15 is 0 Å². The second kappa shape index (κ2) is 8.03. The van der Waals surface area contributed by atoms with E-state index in [0.29, 0.717) is 12.1 Å². The first-order chi connectivity index (χ1) is 8.97. The summed E-state index contributed by atoms with van der Waals surface area (Å²) in [5, 5.41) is 3.50. The zero-order chi connectivity index (χ0) is 14.4. The Morgan fingerprint density at radius 2 is 1.95 bits per heavy atom. The monoisotopic (exact) mass is 282 g/mol. The predicted octanol–water partition coefficient (Wildman–Crippen LogP) is 4.17. The molecule has 1 aromatic rings. The van der Waals surface area contributed by atoms with Crippen LogP contribution in [0.4, 0.5) is 0 Å². The van der Waals surface area contributed by atoms with Crippen molar-refractivity contribution in [3.8, 4) is 0 Å². The third kappa shape index (κ3) is 5.25. The van der Waals surface area contributed by atoms with Gasteiger partial charge in [-0.2, -0.15) is 0 Å². The number of nitrogens with zero attached hydrogens (tertiary/aromatic N) is 1. The molecule has 0 amide bonds. The lowest BCUT2D eigenvalue weighted by atomic mass is 10.1. The van der Waals surface area contributed by atoms with E-state index in [9.17, 15) is 0 Å². The van der Waals surface area contributed by atoms with Gasteiger partial charge in [0.05, 0.1) is 0 Å². The minimum absolute atomic E-state index is 0.554. The second-order valence-electron chi connectivity index (χ2n) is 5.65. The fourth-order valence-corrected chi connectivity index (χ4v) is 3.20. The van der Waals surface area contributed by atoms with Crippen molar-refractivity contribution in [3.63, 3.8) is 0 Å². The Kier molecular flexibility index (Phi) is 7.05. The van der Waals surface area contributed by atoms with Crippen molar-refractivity contribution in [2.24, 2.45) is 0 Å². The molecule has 0 spiro atoms. The standard InChI is InChI=1S/C16H30N2S/c1-7-13(5)18(8-2)11-15-9-16(19-14(15)6)10-17-12(3)4/h9,12-13,17H,7-8,10-11H2,1-6H3. The molecular weight excluding hydrogens is 252 g/mol. The molecule has 1 N–H and O–H groups in total. The molecule has 1 heterocycles. The summed E-state index contributed by atoms with van der Waals surface area (Å²) in [6.45, 7) is 16.7. The number of rotatable bonds is 8. The highest BCUT2D eigenvalue weighted by atomic mass is 32.1. The Hall–Kier alpha value is -0.380. The highest BCUT2D eigenvalue weighted by Gasteiger charge is 2.13. The van der Waals surface area contributed by atoms with E-state index in [4.69, 9.17) is 0 Å². The smallest absolute Gasteiger partial charge is 0.0302 e. The number of hydrogen-bond acceptors (Lipinski definition) is 3. The van der Waals surface area contributed by atoms with Crippen LogP contribution in [0, 0.1) is 6.92 Å². The van der Waals surface area contributed by atoms with Crippen LogP contribution in [-0.4, -0.2) is 23.5 Å². The van der Waals surface area contributed by atoms with Crippen LogP contribution in [-0.2, 0) is 13.1 Å². The fourth-order valence-electron chi connectivity index (χ4n) is 2.19. The molecule has 0 aliphatic rings. The average molecular weight is 282 g/mol. The first kappa shape index (κ1) is 16.7. The van der Waals surface area contributed by atoms with E-state index in [0.717, 1.165) is 19.6 Å². The summed E-state index contributed by atoms with van der Waals surface area (Å²) in [5.41, 5.74) is 1.51. The summed E-state index contributed by atoms with van der Waals surface area (Å²) in [4.78, 5) is 5.50. The van der Waals surface area contributed by atoms with E-state index in [1.807, 2.05) is 11.3 Å². The van der Waals surface area contributed by atoms with Gasteiger partial charge in [-0.1, -0.05) is 27.7 Å². The number of aryl methyl sites for hydroxylation is 1. The molecule has 0 aliphatic carbocycles. The van der Waals surface area contributed by atoms with Crippen LogP contribution in [0.15, 0.2) is 6.07 Å². The van der Waals surface area contributed by atoms with Crippen LogP contribution in [0.5, 0.6) is 0 Å². The van der Waals surface area contributed by atoms with Crippen molar-refractivity contribution in [1.29, 1.82) is 0 Å². The van der Waals surface area contributed by atoms with E-state index < -0.39 is 0 Å². The Labute approximate surface area is 123 Å². The molecule has 2 nitrogen and oxygen atoms in total. The molecule has 19 heavy (non-hydrogen) atoms. The van der Waals surface area contributed by atoms with Crippen LogP contribution >= 0.6 is 11.3 Å². The molecule has 0 aromatic carbocycles. The van der Waals surface area contributed by atoms with Gasteiger partial charge in [-0.05, 0) is 38.4 Å². The number of hydrogen-bond donors (Lipinski definition) is 1. The van der Waals surface area contributed by atoms with Crippen LogP contribution in [0.2, 0.25) is 0 Å². The van der Waals surface area contributed by atoms with E-state index in [1.165, 1.54) is 21.7 Å². The predicted molar refractivity (Wildman–Crippen MR) is 86.9 cm³/mol. The molecule has 0 fully saturated rings. The lowest BCUT2D eigenvalue weighted by Gasteiger charge is -2.26. The van der Waals surface area contributed by atoms with Crippen molar-refractivity contribution in [1.82, 2.24) is 10.2 Å². The minimum atomic E-state index is 0.554. The lowest BCUT2D eigenvalue weighted by molar-refractivity contribution is 0.206. The Balaban J connectivity index is 2.67. The van der Waals surface area contributed by atoms with Crippen LogP contribution in [0.3, 0.4) is 0 Å². The first-order valence-corrected chi connectivity index (χ1v) is 8.35. The quantitative estimate of drug-likeness (QED) is 0.769.